The van der Waals surface area contributed by atoms with Crippen molar-refractivity contribution in [2.24, 2.45) is 0 Å². The summed E-state index contributed by atoms with van der Waals surface area (Å²) in [6.07, 6.45) is -7.19. The Balaban J connectivity index is 3.42. The molecule has 18 heavy (non-hydrogen) atoms. The number of rotatable bonds is 3. The highest BCUT2D eigenvalue weighted by atomic mass is 19.4. The van der Waals surface area contributed by atoms with Crippen LogP contribution in [0.1, 0.15) is 17.2 Å². The third-order valence-corrected chi connectivity index (χ3v) is 2.08. The third kappa shape index (κ3) is 2.74. The van der Waals surface area contributed by atoms with E-state index in [1.165, 1.54) is 0 Å². The van der Waals surface area contributed by atoms with Gasteiger partial charge in [0.05, 0.1) is 16.1 Å². The number of alkyl halides is 3. The van der Waals surface area contributed by atoms with Crippen molar-refractivity contribution in [3.63, 3.8) is 0 Å². The summed E-state index contributed by atoms with van der Waals surface area (Å²) in [5, 5.41) is 28.2. The van der Waals surface area contributed by atoms with Crippen LogP contribution < -0.4 is 0 Å². The molecule has 0 aliphatic carbocycles. The lowest BCUT2D eigenvalue weighted by Gasteiger charge is -2.11. The fourth-order valence-electron chi connectivity index (χ4n) is 1.25. The van der Waals surface area contributed by atoms with Gasteiger partial charge >= 0.3 is 12.1 Å². The van der Waals surface area contributed by atoms with E-state index in [4.69, 9.17) is 10.2 Å². The lowest BCUT2D eigenvalue weighted by molar-refractivity contribution is -0.386. The van der Waals surface area contributed by atoms with Crippen molar-refractivity contribution in [1.82, 2.24) is 0 Å². The van der Waals surface area contributed by atoms with Crippen molar-refractivity contribution in [3.8, 4) is 0 Å². The predicted octanol–water partition coefficient (Wildman–Crippen LogP) is 1.73. The fourth-order valence-corrected chi connectivity index (χ4v) is 1.25. The predicted molar refractivity (Wildman–Crippen MR) is 50.7 cm³/mol. The second kappa shape index (κ2) is 4.61. The molecule has 0 aliphatic rings. The van der Waals surface area contributed by atoms with E-state index >= 15 is 0 Å². The van der Waals surface area contributed by atoms with Gasteiger partial charge in [-0.05, 0) is 12.1 Å². The number of aliphatic hydroxyl groups is 1. The van der Waals surface area contributed by atoms with Crippen LogP contribution in [0.2, 0.25) is 0 Å². The molecule has 98 valence electrons. The number of hydrogen-bond donors (Lipinski definition) is 2. The Morgan fingerprint density at radius 2 is 1.94 bits per heavy atom. The number of carboxylic acid groups (broad SMARTS) is 1. The van der Waals surface area contributed by atoms with Gasteiger partial charge in [0.1, 0.15) is 0 Å². The van der Waals surface area contributed by atoms with Crippen molar-refractivity contribution in [3.05, 3.63) is 39.4 Å². The highest BCUT2D eigenvalue weighted by molar-refractivity contribution is 5.76. The molecule has 0 radical (unpaired) electrons. The first-order chi connectivity index (χ1) is 8.14. The number of nitrogens with zero attached hydrogens (tertiary/aromatic N) is 1. The van der Waals surface area contributed by atoms with E-state index in [-0.39, 0.29) is 6.07 Å². The SMILES string of the molecule is O=C(O)C(O)c1cc(C(F)(F)F)ccc1[N+](=O)[O-]. The molecule has 6 nitrogen and oxygen atoms in total. The molecule has 0 saturated carbocycles. The van der Waals surface area contributed by atoms with Crippen molar-refractivity contribution in [2.45, 2.75) is 12.3 Å². The molecule has 0 aliphatic heterocycles. The molecule has 0 bridgehead atoms. The fraction of sp³-hybridized carbons (Fsp3) is 0.222. The first-order valence-corrected chi connectivity index (χ1v) is 4.41. The number of hydrogen-bond acceptors (Lipinski definition) is 4. The number of nitro groups is 1. The number of halogens is 3. The zero-order chi connectivity index (χ0) is 14.1. The molecule has 2 N–H and O–H groups in total. The normalized spacial score (nSPS) is 13.1. The largest absolute Gasteiger partial charge is 0.479 e. The van der Waals surface area contributed by atoms with Crippen molar-refractivity contribution >= 4 is 11.7 Å². The summed E-state index contributed by atoms with van der Waals surface area (Å²) >= 11 is 0. The molecule has 0 aromatic heterocycles. The minimum absolute atomic E-state index is 0.247. The molecule has 9 heteroatoms. The lowest BCUT2D eigenvalue weighted by atomic mass is 10.0. The maximum Gasteiger partial charge on any atom is 0.416 e. The standard InChI is InChI=1S/C9H6F3NO5/c10-9(11,12)4-1-2-6(13(17)18)5(3-4)7(14)8(15)16/h1-3,7,14H,(H,15,16). The van der Waals surface area contributed by atoms with Crippen LogP contribution in [0, 0.1) is 10.1 Å². The van der Waals surface area contributed by atoms with Crippen LogP contribution in [0.4, 0.5) is 18.9 Å². The molecule has 0 fully saturated rings. The smallest absolute Gasteiger partial charge is 0.416 e. The molecule has 0 amide bonds. The molecule has 0 heterocycles. The third-order valence-electron chi connectivity index (χ3n) is 2.08. The Morgan fingerprint density at radius 3 is 2.33 bits per heavy atom. The average Bonchev–Trinajstić information content (AvgIpc) is 2.25. The maximum atomic E-state index is 12.4. The van der Waals surface area contributed by atoms with E-state index in [0.29, 0.717) is 12.1 Å². The zero-order valence-electron chi connectivity index (χ0n) is 8.51. The van der Waals surface area contributed by atoms with Gasteiger partial charge in [0.2, 0.25) is 0 Å². The molecule has 0 saturated heterocycles. The van der Waals surface area contributed by atoms with Crippen LogP contribution in [-0.2, 0) is 11.0 Å². The van der Waals surface area contributed by atoms with Crippen LogP contribution in [0.3, 0.4) is 0 Å². The highest BCUT2D eigenvalue weighted by Crippen LogP contribution is 2.34. The van der Waals surface area contributed by atoms with Crippen molar-refractivity contribution < 1.29 is 33.1 Å². The number of benzene rings is 1. The van der Waals surface area contributed by atoms with Gasteiger partial charge in [-0.15, -0.1) is 0 Å². The van der Waals surface area contributed by atoms with Gasteiger partial charge in [-0.1, -0.05) is 0 Å². The van der Waals surface area contributed by atoms with Crippen LogP contribution in [0.5, 0.6) is 0 Å². The number of aliphatic hydroxyl groups excluding tert-OH is 1. The summed E-state index contributed by atoms with van der Waals surface area (Å²) < 4.78 is 37.1. The summed E-state index contributed by atoms with van der Waals surface area (Å²) in [6, 6.07) is 1.19. The van der Waals surface area contributed by atoms with Gasteiger partial charge < -0.3 is 10.2 Å². The van der Waals surface area contributed by atoms with E-state index in [1.54, 1.807) is 0 Å². The number of carbonyl (C=O) groups is 1. The summed E-state index contributed by atoms with van der Waals surface area (Å²) in [5.41, 5.74) is -3.08. The molecule has 1 aromatic rings. The summed E-state index contributed by atoms with van der Waals surface area (Å²) in [6.45, 7) is 0. The van der Waals surface area contributed by atoms with Crippen LogP contribution >= 0.6 is 0 Å². The first-order valence-electron chi connectivity index (χ1n) is 4.41. The van der Waals surface area contributed by atoms with E-state index in [0.717, 1.165) is 0 Å². The van der Waals surface area contributed by atoms with E-state index in [2.05, 4.69) is 0 Å². The number of carboxylic acids is 1. The van der Waals surface area contributed by atoms with Gasteiger partial charge in [0.15, 0.2) is 6.10 Å². The van der Waals surface area contributed by atoms with Gasteiger partial charge in [0.25, 0.3) is 5.69 Å². The molecule has 0 spiro atoms. The Morgan fingerprint density at radius 1 is 1.39 bits per heavy atom. The van der Waals surface area contributed by atoms with Crippen LogP contribution in [0.15, 0.2) is 18.2 Å². The van der Waals surface area contributed by atoms with Crippen molar-refractivity contribution in [1.29, 1.82) is 0 Å². The van der Waals surface area contributed by atoms with Gasteiger partial charge in [0, 0.05) is 6.07 Å². The van der Waals surface area contributed by atoms with Gasteiger partial charge in [-0.3, -0.25) is 10.1 Å². The maximum absolute atomic E-state index is 12.4. The molecular weight excluding hydrogens is 259 g/mol. The van der Waals surface area contributed by atoms with Crippen LogP contribution in [0.25, 0.3) is 0 Å². The summed E-state index contributed by atoms with van der Waals surface area (Å²) in [4.78, 5) is 19.9. The minimum atomic E-state index is -4.79. The number of aliphatic carboxylic acids is 1. The van der Waals surface area contributed by atoms with Crippen LogP contribution in [-0.4, -0.2) is 21.1 Å². The van der Waals surface area contributed by atoms with Gasteiger partial charge in [-0.2, -0.15) is 13.2 Å². The van der Waals surface area contributed by atoms with E-state index in [1.807, 2.05) is 0 Å². The minimum Gasteiger partial charge on any atom is -0.479 e. The Bertz CT molecular complexity index is 499. The summed E-state index contributed by atoms with van der Waals surface area (Å²) in [7, 11) is 0. The molecule has 1 aromatic carbocycles. The van der Waals surface area contributed by atoms with E-state index in [9.17, 15) is 28.1 Å². The zero-order valence-corrected chi connectivity index (χ0v) is 8.51. The highest BCUT2D eigenvalue weighted by Gasteiger charge is 2.34. The Labute approximate surface area is 97.4 Å². The van der Waals surface area contributed by atoms with Crippen molar-refractivity contribution in [2.75, 3.05) is 0 Å². The molecule has 1 atom stereocenters. The summed E-state index contributed by atoms with van der Waals surface area (Å²) in [5.74, 6) is -1.88. The first kappa shape index (κ1) is 13.9. The topological polar surface area (TPSA) is 101 Å². The monoisotopic (exact) mass is 265 g/mol. The van der Waals surface area contributed by atoms with E-state index < -0.39 is 40.0 Å². The molecule has 1 rings (SSSR count). The second-order valence-corrected chi connectivity index (χ2v) is 3.27. The quantitative estimate of drug-likeness (QED) is 0.640. The lowest BCUT2D eigenvalue weighted by Crippen LogP contribution is -2.14. The Kier molecular flexibility index (Phi) is 3.56. The second-order valence-electron chi connectivity index (χ2n) is 3.27. The number of nitro benzene ring substituents is 1. The molecular formula is C9H6F3NO5. The average molecular weight is 265 g/mol. The van der Waals surface area contributed by atoms with Gasteiger partial charge in [-0.25, -0.2) is 4.79 Å². The Hall–Kier alpha value is -2.16. The molecule has 1 unspecified atom stereocenters.